The van der Waals surface area contributed by atoms with Crippen molar-refractivity contribution in [3.05, 3.63) is 28.3 Å². The van der Waals surface area contributed by atoms with Crippen molar-refractivity contribution in [2.24, 2.45) is 5.73 Å². The Bertz CT molecular complexity index is 392. The van der Waals surface area contributed by atoms with E-state index in [2.05, 4.69) is 0 Å². The van der Waals surface area contributed by atoms with Gasteiger partial charge in [0.05, 0.1) is 0 Å². The second kappa shape index (κ2) is 4.51. The van der Waals surface area contributed by atoms with Crippen LogP contribution in [0, 0.1) is 0 Å². The van der Waals surface area contributed by atoms with E-state index in [9.17, 15) is 9.90 Å². The van der Waals surface area contributed by atoms with Gasteiger partial charge < -0.3 is 15.9 Å². The fourth-order valence-electron chi connectivity index (χ4n) is 1.32. The van der Waals surface area contributed by atoms with Crippen molar-refractivity contribution >= 4 is 17.6 Å². The Labute approximate surface area is 92.3 Å². The lowest BCUT2D eigenvalue weighted by molar-refractivity contribution is -0.138. The fourth-order valence-corrected chi connectivity index (χ4v) is 1.57. The summed E-state index contributed by atoms with van der Waals surface area (Å²) in [4.78, 5) is 10.7. The van der Waals surface area contributed by atoms with E-state index in [0.717, 1.165) is 0 Å². The molecule has 0 fully saturated rings. The maximum Gasteiger partial charge on any atom is 0.325 e. The molecule has 1 aromatic carbocycles. The standard InChI is InChI=1S/C10H12ClNO3/c1-2-5-3-6(11)4-7(9(5)13)8(12)10(14)15/h3-4,8,13H,2,12H2,1H3,(H,14,15). The first kappa shape index (κ1) is 11.8. The van der Waals surface area contributed by atoms with Gasteiger partial charge >= 0.3 is 5.97 Å². The van der Waals surface area contributed by atoms with Gasteiger partial charge in [0.1, 0.15) is 11.8 Å². The highest BCUT2D eigenvalue weighted by Crippen LogP contribution is 2.31. The first-order valence-electron chi connectivity index (χ1n) is 4.47. The van der Waals surface area contributed by atoms with Gasteiger partial charge in [-0.05, 0) is 24.1 Å². The zero-order valence-electron chi connectivity index (χ0n) is 8.20. The lowest BCUT2D eigenvalue weighted by Crippen LogP contribution is -2.21. The monoisotopic (exact) mass is 229 g/mol. The third-order valence-electron chi connectivity index (χ3n) is 2.17. The SMILES string of the molecule is CCc1cc(Cl)cc(C(N)C(=O)O)c1O. The third-order valence-corrected chi connectivity index (χ3v) is 2.38. The lowest BCUT2D eigenvalue weighted by atomic mass is 10.0. The van der Waals surface area contributed by atoms with Gasteiger partial charge in [-0.15, -0.1) is 0 Å². The number of rotatable bonds is 3. The molecule has 1 rings (SSSR count). The van der Waals surface area contributed by atoms with Crippen LogP contribution in [0.3, 0.4) is 0 Å². The van der Waals surface area contributed by atoms with Gasteiger partial charge in [0, 0.05) is 10.6 Å². The maximum absolute atomic E-state index is 10.7. The lowest BCUT2D eigenvalue weighted by Gasteiger charge is -2.12. The van der Waals surface area contributed by atoms with Crippen LogP contribution in [0.15, 0.2) is 12.1 Å². The number of hydrogen-bond acceptors (Lipinski definition) is 3. The van der Waals surface area contributed by atoms with Gasteiger partial charge in [0.2, 0.25) is 0 Å². The van der Waals surface area contributed by atoms with E-state index in [0.29, 0.717) is 17.0 Å². The molecule has 5 heteroatoms. The van der Waals surface area contributed by atoms with Crippen LogP contribution < -0.4 is 5.73 Å². The fraction of sp³-hybridized carbons (Fsp3) is 0.300. The summed E-state index contributed by atoms with van der Waals surface area (Å²) in [5, 5.41) is 18.8. The molecule has 0 radical (unpaired) electrons. The molecule has 1 aromatic rings. The summed E-state index contributed by atoms with van der Waals surface area (Å²) in [5.74, 6) is -1.29. The number of phenols is 1. The Morgan fingerprint density at radius 3 is 2.67 bits per heavy atom. The van der Waals surface area contributed by atoms with Crippen LogP contribution in [0.1, 0.15) is 24.1 Å². The van der Waals surface area contributed by atoms with Gasteiger partial charge in [-0.2, -0.15) is 0 Å². The molecule has 0 aliphatic rings. The largest absolute Gasteiger partial charge is 0.507 e. The number of nitrogens with two attached hydrogens (primary N) is 1. The molecule has 0 saturated carbocycles. The molecule has 0 amide bonds. The van der Waals surface area contributed by atoms with Crippen molar-refractivity contribution in [2.75, 3.05) is 0 Å². The quantitative estimate of drug-likeness (QED) is 0.737. The van der Waals surface area contributed by atoms with Crippen molar-refractivity contribution in [3.63, 3.8) is 0 Å². The van der Waals surface area contributed by atoms with Gasteiger partial charge in [-0.1, -0.05) is 18.5 Å². The van der Waals surface area contributed by atoms with Crippen molar-refractivity contribution in [1.82, 2.24) is 0 Å². The minimum atomic E-state index is -1.26. The normalized spacial score (nSPS) is 12.5. The van der Waals surface area contributed by atoms with E-state index in [1.165, 1.54) is 6.07 Å². The Balaban J connectivity index is 3.28. The van der Waals surface area contributed by atoms with E-state index in [-0.39, 0.29) is 11.3 Å². The van der Waals surface area contributed by atoms with Crippen molar-refractivity contribution in [2.45, 2.75) is 19.4 Å². The number of aromatic hydroxyl groups is 1. The van der Waals surface area contributed by atoms with Crippen LogP contribution in [0.4, 0.5) is 0 Å². The molecular weight excluding hydrogens is 218 g/mol. The molecule has 0 saturated heterocycles. The predicted octanol–water partition coefficient (Wildman–Crippen LogP) is 1.69. The first-order valence-corrected chi connectivity index (χ1v) is 4.84. The number of hydrogen-bond donors (Lipinski definition) is 3. The average Bonchev–Trinajstić information content (AvgIpc) is 2.19. The van der Waals surface area contributed by atoms with Crippen LogP contribution in [0.2, 0.25) is 5.02 Å². The van der Waals surface area contributed by atoms with E-state index in [4.69, 9.17) is 22.4 Å². The molecule has 15 heavy (non-hydrogen) atoms. The smallest absolute Gasteiger partial charge is 0.325 e. The molecular formula is C10H12ClNO3. The molecule has 0 aliphatic heterocycles. The summed E-state index contributed by atoms with van der Waals surface area (Å²) < 4.78 is 0. The second-order valence-corrected chi connectivity index (χ2v) is 3.61. The first-order chi connectivity index (χ1) is 6.97. The summed E-state index contributed by atoms with van der Waals surface area (Å²) in [6.07, 6.45) is 0.561. The highest BCUT2D eigenvalue weighted by atomic mass is 35.5. The predicted molar refractivity (Wildman–Crippen MR) is 57.1 cm³/mol. The third kappa shape index (κ3) is 2.40. The topological polar surface area (TPSA) is 83.6 Å². The summed E-state index contributed by atoms with van der Waals surface area (Å²) in [6.45, 7) is 1.83. The molecule has 0 bridgehead atoms. The zero-order chi connectivity index (χ0) is 11.6. The number of aryl methyl sites for hydroxylation is 1. The number of phenolic OH excluding ortho intramolecular Hbond substituents is 1. The number of halogens is 1. The second-order valence-electron chi connectivity index (χ2n) is 3.17. The molecule has 82 valence electrons. The van der Waals surface area contributed by atoms with Gasteiger partial charge in [-0.25, -0.2) is 0 Å². The molecule has 0 heterocycles. The molecule has 4 nitrogen and oxygen atoms in total. The summed E-state index contributed by atoms with van der Waals surface area (Å²) in [5.41, 5.74) is 6.15. The Kier molecular flexibility index (Phi) is 3.55. The molecule has 0 aromatic heterocycles. The van der Waals surface area contributed by atoms with Crippen LogP contribution >= 0.6 is 11.6 Å². The van der Waals surface area contributed by atoms with Gasteiger partial charge in [0.15, 0.2) is 0 Å². The molecule has 1 unspecified atom stereocenters. The minimum Gasteiger partial charge on any atom is -0.507 e. The maximum atomic E-state index is 10.7. The number of carboxylic acids is 1. The van der Waals surface area contributed by atoms with E-state index in [1.807, 2.05) is 6.92 Å². The Morgan fingerprint density at radius 2 is 2.20 bits per heavy atom. The van der Waals surface area contributed by atoms with Crippen LogP contribution in [-0.2, 0) is 11.2 Å². The number of carboxylic acid groups (broad SMARTS) is 1. The van der Waals surface area contributed by atoms with E-state index < -0.39 is 12.0 Å². The number of carbonyl (C=O) groups is 1. The molecule has 0 aliphatic carbocycles. The Hall–Kier alpha value is -1.26. The van der Waals surface area contributed by atoms with Crippen LogP contribution in [0.25, 0.3) is 0 Å². The number of benzene rings is 1. The van der Waals surface area contributed by atoms with Gasteiger partial charge in [0.25, 0.3) is 0 Å². The number of aliphatic carboxylic acids is 1. The van der Waals surface area contributed by atoms with Crippen molar-refractivity contribution in [3.8, 4) is 5.75 Å². The van der Waals surface area contributed by atoms with Crippen LogP contribution in [-0.4, -0.2) is 16.2 Å². The van der Waals surface area contributed by atoms with E-state index >= 15 is 0 Å². The van der Waals surface area contributed by atoms with Crippen molar-refractivity contribution in [1.29, 1.82) is 0 Å². The zero-order valence-corrected chi connectivity index (χ0v) is 8.95. The molecule has 4 N–H and O–H groups in total. The molecule has 1 atom stereocenters. The molecule has 0 spiro atoms. The van der Waals surface area contributed by atoms with Crippen LogP contribution in [0.5, 0.6) is 5.75 Å². The highest BCUT2D eigenvalue weighted by molar-refractivity contribution is 6.30. The summed E-state index contributed by atoms with van der Waals surface area (Å²) in [6, 6.07) is 1.71. The van der Waals surface area contributed by atoms with Gasteiger partial charge in [-0.3, -0.25) is 4.79 Å². The summed E-state index contributed by atoms with van der Waals surface area (Å²) in [7, 11) is 0. The van der Waals surface area contributed by atoms with Crippen molar-refractivity contribution < 1.29 is 15.0 Å². The minimum absolute atomic E-state index is 0.0863. The summed E-state index contributed by atoms with van der Waals surface area (Å²) >= 11 is 5.79. The highest BCUT2D eigenvalue weighted by Gasteiger charge is 2.20. The Morgan fingerprint density at radius 1 is 1.60 bits per heavy atom. The van der Waals surface area contributed by atoms with E-state index in [1.54, 1.807) is 6.07 Å². The average molecular weight is 230 g/mol.